The molecule has 0 rings (SSSR count). The second-order valence-corrected chi connectivity index (χ2v) is 35.0. The lowest BCUT2D eigenvalue weighted by Gasteiger charge is -2.36. The van der Waals surface area contributed by atoms with Crippen molar-refractivity contribution in [3.05, 3.63) is 0 Å². The zero-order valence-corrected chi connectivity index (χ0v) is 31.6. The van der Waals surface area contributed by atoms with Gasteiger partial charge in [-0.3, -0.25) is 0 Å². The molecule has 0 aliphatic rings. The van der Waals surface area contributed by atoms with Crippen LogP contribution >= 0.6 is 0 Å². The fourth-order valence-electron chi connectivity index (χ4n) is 4.94. The van der Waals surface area contributed by atoms with Crippen molar-refractivity contribution >= 4 is 51.8 Å². The maximum Gasteiger partial charge on any atom is 0.314 e. The molecule has 0 aromatic heterocycles. The number of rotatable bonds is 20. The Morgan fingerprint density at radius 2 is 0.886 bits per heavy atom. The Labute approximate surface area is 225 Å². The van der Waals surface area contributed by atoms with E-state index in [9.17, 15) is 10.2 Å². The molecule has 0 saturated carbocycles. The van der Waals surface area contributed by atoms with Gasteiger partial charge in [0.15, 0.2) is 34.7 Å². The maximum atomic E-state index is 10.2. The van der Waals surface area contributed by atoms with Crippen LogP contribution in [0.2, 0.25) is 90.7 Å². The summed E-state index contributed by atoms with van der Waals surface area (Å²) in [5, 5.41) is 20.4. The zero-order valence-electron chi connectivity index (χ0n) is 25.3. The first-order valence-corrected chi connectivity index (χ1v) is 31.2. The van der Waals surface area contributed by atoms with Crippen LogP contribution in [0.1, 0.15) is 38.5 Å². The average molecular weight is 601 g/mol. The quantitative estimate of drug-likeness (QED) is 0.129. The monoisotopic (exact) mass is 600 g/mol. The minimum atomic E-state index is -2.17. The maximum absolute atomic E-state index is 10.2. The van der Waals surface area contributed by atoms with E-state index in [1.165, 1.54) is 0 Å². The third-order valence-electron chi connectivity index (χ3n) is 5.86. The SMILES string of the molecule is C[SiH](C)O[Si](C)(CCCCC(CO)(CO)CCCC[Si](C)(O[SiH](C)C)O[Si](C)(C)C)O[Si](C)(C)C. The Morgan fingerprint density at radius 1 is 0.571 bits per heavy atom. The van der Waals surface area contributed by atoms with Gasteiger partial charge in [0.25, 0.3) is 0 Å². The summed E-state index contributed by atoms with van der Waals surface area (Å²) >= 11 is 0. The highest BCUT2D eigenvalue weighted by Gasteiger charge is 2.38. The highest BCUT2D eigenvalue weighted by Crippen LogP contribution is 2.33. The Kier molecular flexibility index (Phi) is 16.1. The molecule has 12 heteroatoms. The highest BCUT2D eigenvalue weighted by molar-refractivity contribution is 6.85. The number of unbranched alkanes of at least 4 members (excludes halogenated alkanes) is 2. The second kappa shape index (κ2) is 15.6. The number of aliphatic hydroxyl groups excluding tert-OH is 2. The molecule has 212 valence electrons. The van der Waals surface area contributed by atoms with Gasteiger partial charge in [0, 0.05) is 5.41 Å². The summed E-state index contributed by atoms with van der Waals surface area (Å²) in [6, 6.07) is 1.98. The van der Waals surface area contributed by atoms with E-state index in [-0.39, 0.29) is 13.2 Å². The highest BCUT2D eigenvalue weighted by atomic mass is 28.5. The second-order valence-electron chi connectivity index (χ2n) is 13.3. The fourth-order valence-corrected chi connectivity index (χ4v) is 28.1. The fraction of sp³-hybridized carbons (Fsp3) is 1.00. The van der Waals surface area contributed by atoms with Gasteiger partial charge in [-0.15, -0.1) is 0 Å². The Balaban J connectivity index is 4.89. The minimum Gasteiger partial charge on any atom is -0.439 e. The van der Waals surface area contributed by atoms with Crippen LogP contribution in [0.15, 0.2) is 0 Å². The number of hydrogen-bond donors (Lipinski definition) is 2. The first kappa shape index (κ1) is 36.1. The van der Waals surface area contributed by atoms with Gasteiger partial charge in [-0.05, 0) is 103 Å². The van der Waals surface area contributed by atoms with Crippen molar-refractivity contribution < 1.29 is 26.7 Å². The number of hydrogen-bond acceptors (Lipinski definition) is 6. The van der Waals surface area contributed by atoms with E-state index in [1.807, 2.05) is 0 Å². The van der Waals surface area contributed by atoms with Crippen molar-refractivity contribution in [1.82, 2.24) is 0 Å². The van der Waals surface area contributed by atoms with Crippen molar-refractivity contribution in [2.75, 3.05) is 13.2 Å². The van der Waals surface area contributed by atoms with Gasteiger partial charge in [0.05, 0.1) is 13.2 Å². The summed E-state index contributed by atoms with van der Waals surface area (Å²) in [6.45, 7) is 26.9. The summed E-state index contributed by atoms with van der Waals surface area (Å²) in [6.07, 6.45) is 5.69. The van der Waals surface area contributed by atoms with E-state index in [2.05, 4.69) is 78.6 Å². The van der Waals surface area contributed by atoms with Crippen LogP contribution in [0.3, 0.4) is 0 Å². The van der Waals surface area contributed by atoms with Crippen LogP contribution < -0.4 is 0 Å². The molecular formula is C23H60O6Si6. The standard InChI is InChI=1S/C23H60O6Si6/c1-30(2)26-34(11,28-32(5,6)7)19-15-13-17-23(21-24,22-25)18-14-16-20-35(12,27-31(3)4)29-33(8,9)10/h24-25,30-31H,13-22H2,1-12H3. The summed E-state index contributed by atoms with van der Waals surface area (Å²) in [5.41, 5.74) is -0.406. The van der Waals surface area contributed by atoms with Crippen LogP contribution in [0, 0.1) is 5.41 Å². The van der Waals surface area contributed by atoms with Crippen molar-refractivity contribution in [2.24, 2.45) is 5.41 Å². The van der Waals surface area contributed by atoms with Crippen LogP contribution in [0.5, 0.6) is 0 Å². The molecule has 0 aliphatic carbocycles. The van der Waals surface area contributed by atoms with Crippen LogP contribution in [0.25, 0.3) is 0 Å². The average Bonchev–Trinajstić information content (AvgIpc) is 2.62. The van der Waals surface area contributed by atoms with E-state index >= 15 is 0 Å². The van der Waals surface area contributed by atoms with Crippen LogP contribution in [-0.4, -0.2) is 75.3 Å². The van der Waals surface area contributed by atoms with Gasteiger partial charge in [-0.1, -0.05) is 25.7 Å². The molecule has 0 aromatic rings. The van der Waals surface area contributed by atoms with Crippen LogP contribution in [-0.2, 0) is 16.5 Å². The van der Waals surface area contributed by atoms with Gasteiger partial charge >= 0.3 is 17.1 Å². The molecule has 6 nitrogen and oxygen atoms in total. The molecule has 35 heavy (non-hydrogen) atoms. The van der Waals surface area contributed by atoms with Crippen molar-refractivity contribution in [1.29, 1.82) is 0 Å². The van der Waals surface area contributed by atoms with Crippen molar-refractivity contribution in [2.45, 2.75) is 129 Å². The van der Waals surface area contributed by atoms with Crippen molar-refractivity contribution in [3.8, 4) is 0 Å². The summed E-state index contributed by atoms with van der Waals surface area (Å²) in [7, 11) is -10.0. The van der Waals surface area contributed by atoms with E-state index in [1.54, 1.807) is 0 Å². The lowest BCUT2D eigenvalue weighted by molar-refractivity contribution is 0.0360. The molecule has 0 amide bonds. The molecule has 0 saturated heterocycles. The summed E-state index contributed by atoms with van der Waals surface area (Å²) in [5.74, 6) is 0. The molecule has 0 fully saturated rings. The van der Waals surface area contributed by atoms with Gasteiger partial charge in [-0.25, -0.2) is 0 Å². The Bertz CT molecular complexity index is 534. The van der Waals surface area contributed by atoms with Crippen LogP contribution in [0.4, 0.5) is 0 Å². The first-order valence-electron chi connectivity index (χ1n) is 13.8. The predicted molar refractivity (Wildman–Crippen MR) is 166 cm³/mol. The summed E-state index contributed by atoms with van der Waals surface area (Å²) < 4.78 is 26.0. The van der Waals surface area contributed by atoms with Gasteiger partial charge in [-0.2, -0.15) is 0 Å². The molecule has 0 spiro atoms. The predicted octanol–water partition coefficient (Wildman–Crippen LogP) is 6.15. The normalized spacial score (nSPS) is 17.1. The van der Waals surface area contributed by atoms with Gasteiger partial charge < -0.3 is 26.7 Å². The van der Waals surface area contributed by atoms with Gasteiger partial charge in [0.1, 0.15) is 0 Å². The van der Waals surface area contributed by atoms with Crippen molar-refractivity contribution in [3.63, 3.8) is 0 Å². The van der Waals surface area contributed by atoms with E-state index < -0.39 is 57.3 Å². The molecular weight excluding hydrogens is 541 g/mol. The molecule has 0 bridgehead atoms. The van der Waals surface area contributed by atoms with E-state index in [0.29, 0.717) is 0 Å². The summed E-state index contributed by atoms with van der Waals surface area (Å²) in [4.78, 5) is 0. The number of aliphatic hydroxyl groups is 2. The third-order valence-corrected chi connectivity index (χ3v) is 24.5. The minimum absolute atomic E-state index is 0.0362. The molecule has 0 aliphatic heterocycles. The first-order chi connectivity index (χ1) is 15.8. The Morgan fingerprint density at radius 3 is 1.11 bits per heavy atom. The van der Waals surface area contributed by atoms with Gasteiger partial charge in [0.2, 0.25) is 0 Å². The largest absolute Gasteiger partial charge is 0.439 e. The Hall–Kier alpha value is 1.06. The molecule has 2 atom stereocenters. The molecule has 0 radical (unpaired) electrons. The van der Waals surface area contributed by atoms with E-state index in [0.717, 1.165) is 50.6 Å². The molecule has 2 N–H and O–H groups in total. The molecule has 0 heterocycles. The smallest absolute Gasteiger partial charge is 0.314 e. The lowest BCUT2D eigenvalue weighted by Crippen LogP contribution is -2.49. The van der Waals surface area contributed by atoms with E-state index in [4.69, 9.17) is 16.5 Å². The molecule has 0 aromatic carbocycles. The lowest BCUT2D eigenvalue weighted by atomic mass is 9.80. The topological polar surface area (TPSA) is 77.4 Å². The third kappa shape index (κ3) is 17.3. The zero-order chi connectivity index (χ0) is 27.6. The molecule has 2 unspecified atom stereocenters.